The molecule has 0 saturated heterocycles. The molecule has 2 rings (SSSR count). The number of hydrogen-bond donors (Lipinski definition) is 0. The fourth-order valence-electron chi connectivity index (χ4n) is 1.42. The molecule has 0 fully saturated rings. The molecule has 0 atom stereocenters. The minimum Gasteiger partial charge on any atom is -0.294 e. The lowest BCUT2D eigenvalue weighted by molar-refractivity contribution is -0.114. The highest BCUT2D eigenvalue weighted by atomic mass is 32.1. The first-order valence-corrected chi connectivity index (χ1v) is 6.23. The zero-order chi connectivity index (χ0) is 12.3. The standard InChI is InChI=1S/C14H13NOS/c1-10(2)13(16)8-14-15-12(9-17-14)11-6-4-3-5-7-11/h3-7,9H,1,8H2,2H3. The van der Waals surface area contributed by atoms with Gasteiger partial charge in [-0.1, -0.05) is 36.9 Å². The number of carbonyl (C=O) groups excluding carboxylic acids is 1. The van der Waals surface area contributed by atoms with E-state index in [4.69, 9.17) is 0 Å². The van der Waals surface area contributed by atoms with E-state index in [0.29, 0.717) is 12.0 Å². The van der Waals surface area contributed by atoms with Crippen molar-refractivity contribution < 1.29 is 4.79 Å². The molecule has 2 aromatic rings. The smallest absolute Gasteiger partial charge is 0.164 e. The SMILES string of the molecule is C=C(C)C(=O)Cc1nc(-c2ccccc2)cs1. The molecule has 0 N–H and O–H groups in total. The maximum Gasteiger partial charge on any atom is 0.164 e. The minimum atomic E-state index is 0.0546. The van der Waals surface area contributed by atoms with Gasteiger partial charge in [0, 0.05) is 10.9 Å². The van der Waals surface area contributed by atoms with Crippen LogP contribution in [-0.2, 0) is 11.2 Å². The van der Waals surface area contributed by atoms with Crippen molar-refractivity contribution in [2.24, 2.45) is 0 Å². The lowest BCUT2D eigenvalue weighted by Gasteiger charge is -1.96. The molecule has 0 unspecified atom stereocenters. The number of rotatable bonds is 4. The van der Waals surface area contributed by atoms with Crippen molar-refractivity contribution in [2.75, 3.05) is 0 Å². The molecule has 3 heteroatoms. The number of Topliss-reactive ketones (excluding diaryl/α,β-unsaturated/α-hetero) is 1. The molecule has 86 valence electrons. The lowest BCUT2D eigenvalue weighted by Crippen LogP contribution is -2.02. The van der Waals surface area contributed by atoms with Crippen molar-refractivity contribution in [1.29, 1.82) is 0 Å². The fraction of sp³-hybridized carbons (Fsp3) is 0.143. The van der Waals surface area contributed by atoms with E-state index in [9.17, 15) is 4.79 Å². The van der Waals surface area contributed by atoms with E-state index >= 15 is 0 Å². The number of carbonyl (C=O) groups is 1. The third kappa shape index (κ3) is 2.88. The second kappa shape index (κ2) is 5.06. The molecule has 0 bridgehead atoms. The molecule has 0 aliphatic rings. The Morgan fingerprint density at radius 1 is 1.35 bits per heavy atom. The molecule has 0 spiro atoms. The summed E-state index contributed by atoms with van der Waals surface area (Å²) in [5, 5.41) is 2.83. The van der Waals surface area contributed by atoms with Gasteiger partial charge in [0.2, 0.25) is 0 Å². The third-order valence-corrected chi connectivity index (χ3v) is 3.26. The van der Waals surface area contributed by atoms with Gasteiger partial charge in [-0.15, -0.1) is 11.3 Å². The quantitative estimate of drug-likeness (QED) is 0.769. The lowest BCUT2D eigenvalue weighted by atomic mass is 10.1. The van der Waals surface area contributed by atoms with E-state index in [1.54, 1.807) is 6.92 Å². The van der Waals surface area contributed by atoms with Gasteiger partial charge < -0.3 is 0 Å². The first-order valence-electron chi connectivity index (χ1n) is 5.35. The fourth-order valence-corrected chi connectivity index (χ4v) is 2.22. The van der Waals surface area contributed by atoms with E-state index in [1.165, 1.54) is 11.3 Å². The summed E-state index contributed by atoms with van der Waals surface area (Å²) in [4.78, 5) is 16.0. The van der Waals surface area contributed by atoms with Crippen molar-refractivity contribution in [2.45, 2.75) is 13.3 Å². The summed E-state index contributed by atoms with van der Waals surface area (Å²) < 4.78 is 0. The number of aromatic nitrogens is 1. The van der Waals surface area contributed by atoms with Gasteiger partial charge in [-0.2, -0.15) is 0 Å². The molecule has 0 aliphatic heterocycles. The highest BCUT2D eigenvalue weighted by molar-refractivity contribution is 7.10. The Hall–Kier alpha value is -1.74. The Balaban J connectivity index is 2.17. The Morgan fingerprint density at radius 3 is 2.71 bits per heavy atom. The van der Waals surface area contributed by atoms with Crippen molar-refractivity contribution in [1.82, 2.24) is 4.98 Å². The summed E-state index contributed by atoms with van der Waals surface area (Å²) in [6.07, 6.45) is 0.354. The number of thiazole rings is 1. The molecule has 1 aromatic heterocycles. The van der Waals surface area contributed by atoms with Crippen LogP contribution in [0.3, 0.4) is 0 Å². The number of allylic oxidation sites excluding steroid dienone is 1. The van der Waals surface area contributed by atoms with Crippen LogP contribution in [0.4, 0.5) is 0 Å². The van der Waals surface area contributed by atoms with Gasteiger partial charge in [-0.25, -0.2) is 4.98 Å². The monoisotopic (exact) mass is 243 g/mol. The predicted octanol–water partition coefficient (Wildman–Crippen LogP) is 3.50. The predicted molar refractivity (Wildman–Crippen MR) is 71.1 cm³/mol. The third-order valence-electron chi connectivity index (χ3n) is 2.41. The van der Waals surface area contributed by atoms with Crippen molar-refractivity contribution in [3.8, 4) is 11.3 Å². The number of hydrogen-bond acceptors (Lipinski definition) is 3. The van der Waals surface area contributed by atoms with Crippen molar-refractivity contribution in [3.63, 3.8) is 0 Å². The van der Waals surface area contributed by atoms with Gasteiger partial charge in [0.25, 0.3) is 0 Å². The molecular formula is C14H13NOS. The largest absolute Gasteiger partial charge is 0.294 e. The normalized spacial score (nSPS) is 10.2. The van der Waals surface area contributed by atoms with Crippen LogP contribution in [0.25, 0.3) is 11.3 Å². The van der Waals surface area contributed by atoms with Gasteiger partial charge in [0.1, 0.15) is 5.01 Å². The van der Waals surface area contributed by atoms with Crippen molar-refractivity contribution >= 4 is 17.1 Å². The molecule has 2 nitrogen and oxygen atoms in total. The van der Waals surface area contributed by atoms with Crippen LogP contribution in [0.2, 0.25) is 0 Å². The van der Waals surface area contributed by atoms with Gasteiger partial charge in [0.15, 0.2) is 5.78 Å². The Kier molecular flexibility index (Phi) is 3.49. The number of nitrogens with zero attached hydrogens (tertiary/aromatic N) is 1. The zero-order valence-corrected chi connectivity index (χ0v) is 10.5. The molecule has 17 heavy (non-hydrogen) atoms. The topological polar surface area (TPSA) is 30.0 Å². The van der Waals surface area contributed by atoms with Crippen LogP contribution in [0.1, 0.15) is 11.9 Å². The molecule has 1 aromatic carbocycles. The Bertz CT molecular complexity index is 542. The summed E-state index contributed by atoms with van der Waals surface area (Å²) in [5.74, 6) is 0.0546. The highest BCUT2D eigenvalue weighted by Crippen LogP contribution is 2.22. The maximum absolute atomic E-state index is 11.5. The van der Waals surface area contributed by atoms with Crippen LogP contribution in [-0.4, -0.2) is 10.8 Å². The van der Waals surface area contributed by atoms with Crippen molar-refractivity contribution in [3.05, 3.63) is 52.9 Å². The first kappa shape index (κ1) is 11.7. The number of ketones is 1. The van der Waals surface area contributed by atoms with Gasteiger partial charge in [0.05, 0.1) is 12.1 Å². The summed E-state index contributed by atoms with van der Waals surface area (Å²) in [6.45, 7) is 5.37. The second-order valence-electron chi connectivity index (χ2n) is 3.87. The second-order valence-corrected chi connectivity index (χ2v) is 4.82. The van der Waals surface area contributed by atoms with Crippen LogP contribution in [0.15, 0.2) is 47.9 Å². The van der Waals surface area contributed by atoms with E-state index in [1.807, 2.05) is 35.7 Å². The molecule has 0 radical (unpaired) electrons. The van der Waals surface area contributed by atoms with Crippen LogP contribution < -0.4 is 0 Å². The Morgan fingerprint density at radius 2 is 2.06 bits per heavy atom. The molecule has 0 amide bonds. The average molecular weight is 243 g/mol. The number of benzene rings is 1. The average Bonchev–Trinajstić information content (AvgIpc) is 2.78. The zero-order valence-electron chi connectivity index (χ0n) is 9.64. The first-order chi connectivity index (χ1) is 8.16. The molecule has 1 heterocycles. The van der Waals surface area contributed by atoms with E-state index in [-0.39, 0.29) is 5.78 Å². The van der Waals surface area contributed by atoms with E-state index < -0.39 is 0 Å². The van der Waals surface area contributed by atoms with Crippen LogP contribution in [0.5, 0.6) is 0 Å². The summed E-state index contributed by atoms with van der Waals surface area (Å²) in [6, 6.07) is 9.96. The molecular weight excluding hydrogens is 230 g/mol. The van der Waals surface area contributed by atoms with Gasteiger partial charge in [-0.05, 0) is 12.5 Å². The van der Waals surface area contributed by atoms with Crippen LogP contribution >= 0.6 is 11.3 Å². The molecule has 0 saturated carbocycles. The van der Waals surface area contributed by atoms with Gasteiger partial charge >= 0.3 is 0 Å². The summed E-state index contributed by atoms with van der Waals surface area (Å²) >= 11 is 1.52. The maximum atomic E-state index is 11.5. The van der Waals surface area contributed by atoms with E-state index in [2.05, 4.69) is 11.6 Å². The summed E-state index contributed by atoms with van der Waals surface area (Å²) in [7, 11) is 0. The Labute approximate surface area is 105 Å². The highest BCUT2D eigenvalue weighted by Gasteiger charge is 2.09. The van der Waals surface area contributed by atoms with Crippen LogP contribution in [0, 0.1) is 0 Å². The van der Waals surface area contributed by atoms with Gasteiger partial charge in [-0.3, -0.25) is 4.79 Å². The minimum absolute atomic E-state index is 0.0546. The van der Waals surface area contributed by atoms with E-state index in [0.717, 1.165) is 16.3 Å². The molecule has 0 aliphatic carbocycles. The summed E-state index contributed by atoms with van der Waals surface area (Å²) in [5.41, 5.74) is 2.60.